The van der Waals surface area contributed by atoms with E-state index in [1.54, 1.807) is 16.6 Å². The maximum absolute atomic E-state index is 13.5. The molecule has 4 N–H and O–H groups in total. The third kappa shape index (κ3) is 7.20. The van der Waals surface area contributed by atoms with Crippen molar-refractivity contribution >= 4 is 53.2 Å². The Kier molecular flexibility index (Phi) is 8.54. The van der Waals surface area contributed by atoms with Crippen LogP contribution in [0.15, 0.2) is 56.0 Å². The van der Waals surface area contributed by atoms with E-state index < -0.39 is 69.3 Å². The average Bonchev–Trinajstić information content (AvgIpc) is 3.38. The second kappa shape index (κ2) is 11.9. The van der Waals surface area contributed by atoms with Gasteiger partial charge in [0.15, 0.2) is 0 Å². The molecule has 0 amide bonds. The van der Waals surface area contributed by atoms with Crippen LogP contribution in [0, 0.1) is 33.0 Å². The number of aromatic nitrogens is 6. The number of aromatic amines is 2. The Labute approximate surface area is 258 Å². The molecule has 25 heteroatoms. The molecule has 0 atom stereocenters. The Hall–Kier alpha value is -6.24. The molecule has 0 unspecified atom stereocenters. The maximum Gasteiger partial charge on any atom is 0.348 e. The summed E-state index contributed by atoms with van der Waals surface area (Å²) in [5.41, 5.74) is -5.41. The lowest BCUT2D eigenvalue weighted by Crippen LogP contribution is -2.43. The molecule has 0 spiro atoms. The average molecular weight is 699 g/mol. The zero-order chi connectivity index (χ0) is 35.2. The van der Waals surface area contributed by atoms with Crippen molar-refractivity contribution in [1.82, 2.24) is 28.9 Å². The van der Waals surface area contributed by atoms with Crippen LogP contribution in [0.5, 0.6) is 0 Å². The molecule has 0 fully saturated rings. The van der Waals surface area contributed by atoms with Gasteiger partial charge in [-0.25, -0.2) is 41.1 Å². The zero-order valence-corrected chi connectivity index (χ0v) is 25.4. The van der Waals surface area contributed by atoms with E-state index >= 15 is 0 Å². The summed E-state index contributed by atoms with van der Waals surface area (Å²) in [6.07, 6.45) is 4.34. The number of nitro benzene ring substituents is 2. The number of hydrogen-bond donors (Lipinski definition) is 4. The zero-order valence-electron chi connectivity index (χ0n) is 23.7. The largest absolute Gasteiger partial charge is 0.348 e. The number of aryl methyl sites for hydroxylation is 1. The number of halogens is 1. The number of imidazole rings is 1. The van der Waals surface area contributed by atoms with Gasteiger partial charge >= 0.3 is 17.1 Å². The third-order valence-corrected chi connectivity index (χ3v) is 6.88. The Morgan fingerprint density at radius 2 is 1.23 bits per heavy atom. The molecule has 0 saturated carbocycles. The fourth-order valence-corrected chi connectivity index (χ4v) is 5.01. The van der Waals surface area contributed by atoms with Crippen molar-refractivity contribution in [2.45, 2.75) is 6.92 Å². The van der Waals surface area contributed by atoms with E-state index in [9.17, 15) is 60.6 Å². The minimum Gasteiger partial charge on any atom is -0.305 e. The number of hydrogen-bond acceptors (Lipinski definition) is 13. The molecule has 3 heterocycles. The summed E-state index contributed by atoms with van der Waals surface area (Å²) in [6, 6.07) is 3.45. The first kappa shape index (κ1) is 33.6. The molecular formula is C22H19FN10O12S2. The van der Waals surface area contributed by atoms with E-state index in [1.807, 2.05) is 0 Å². The number of benzene rings is 2. The van der Waals surface area contributed by atoms with E-state index in [1.165, 1.54) is 23.2 Å². The highest BCUT2D eigenvalue weighted by molar-refractivity contribution is 7.91. The molecule has 2 aromatic carbocycles. The van der Waals surface area contributed by atoms with Crippen LogP contribution in [0.25, 0.3) is 27.5 Å². The van der Waals surface area contributed by atoms with E-state index in [0.717, 1.165) is 12.3 Å². The molecule has 0 aliphatic rings. The first-order valence-electron chi connectivity index (χ1n) is 12.2. The summed E-state index contributed by atoms with van der Waals surface area (Å²) in [4.78, 5) is 80.0. The molecule has 0 aliphatic heterocycles. The second-order valence-corrected chi connectivity index (χ2v) is 13.0. The van der Waals surface area contributed by atoms with E-state index in [-0.39, 0.29) is 37.1 Å². The third-order valence-electron chi connectivity index (χ3n) is 5.86. The molecule has 248 valence electrons. The normalized spacial score (nSPS) is 11.6. The molecule has 5 aromatic rings. The number of nitro groups is 2. The van der Waals surface area contributed by atoms with Crippen LogP contribution in [0.3, 0.4) is 0 Å². The first-order valence-corrected chi connectivity index (χ1v) is 16.0. The summed E-state index contributed by atoms with van der Waals surface area (Å²) in [6.45, 7) is 1.68. The molecule has 3 aromatic heterocycles. The highest BCUT2D eigenvalue weighted by Gasteiger charge is 2.22. The summed E-state index contributed by atoms with van der Waals surface area (Å²) < 4.78 is 60.1. The molecule has 0 saturated heterocycles. The summed E-state index contributed by atoms with van der Waals surface area (Å²) >= 11 is 0. The summed E-state index contributed by atoms with van der Waals surface area (Å²) in [5, 5.41) is 21.4. The molecular weight excluding hydrogens is 679 g/mol. The minimum atomic E-state index is -3.93. The molecule has 0 aliphatic carbocycles. The lowest BCUT2D eigenvalue weighted by Gasteiger charge is -2.09. The standard InChI is InChI=1S/C13H12N6O6S.C9H7FN4O6S/c1-7-5-17(6-14-7)10-3-8-9(4-11(10)19(22)23)15-13(21)18(12(8)20)16-26(2,24)25;1-21(19,20)12-13-8(15)4-2-5(10)7(14(17)18)3-6(4)11-9(13)16/h3-6,16H,1-2H3,(H,15,21);2-3,12H,1H3,(H,11,16). The lowest BCUT2D eigenvalue weighted by atomic mass is 10.2. The Bertz CT molecular complexity index is 2600. The van der Waals surface area contributed by atoms with Crippen LogP contribution >= 0.6 is 0 Å². The fraction of sp³-hybridized carbons (Fsp3) is 0.136. The van der Waals surface area contributed by atoms with Gasteiger partial charge in [-0.3, -0.25) is 34.4 Å². The van der Waals surface area contributed by atoms with E-state index in [4.69, 9.17) is 0 Å². The quantitative estimate of drug-likeness (QED) is 0.115. The van der Waals surface area contributed by atoms with Gasteiger partial charge in [0.1, 0.15) is 5.69 Å². The van der Waals surface area contributed by atoms with E-state index in [2.05, 4.69) is 15.0 Å². The van der Waals surface area contributed by atoms with Crippen molar-refractivity contribution in [3.05, 3.63) is 110 Å². The number of nitrogens with one attached hydrogen (secondary N) is 4. The highest BCUT2D eigenvalue weighted by atomic mass is 32.2. The van der Waals surface area contributed by atoms with Crippen LogP contribution < -0.4 is 32.2 Å². The van der Waals surface area contributed by atoms with Gasteiger partial charge in [-0.15, -0.1) is 0 Å². The van der Waals surface area contributed by atoms with Gasteiger partial charge in [0, 0.05) is 18.3 Å². The first-order chi connectivity index (χ1) is 21.7. The minimum absolute atomic E-state index is 0.0400. The molecule has 22 nitrogen and oxygen atoms in total. The van der Waals surface area contributed by atoms with Crippen LogP contribution in [-0.2, 0) is 20.0 Å². The van der Waals surface area contributed by atoms with E-state index in [0.29, 0.717) is 24.1 Å². The van der Waals surface area contributed by atoms with Gasteiger partial charge in [0.25, 0.3) is 16.8 Å². The Morgan fingerprint density at radius 3 is 1.64 bits per heavy atom. The number of fused-ring (bicyclic) bond motifs is 2. The van der Waals surface area contributed by atoms with Crippen molar-refractivity contribution in [3.8, 4) is 5.69 Å². The topological polar surface area (TPSA) is 306 Å². The van der Waals surface area contributed by atoms with Crippen LogP contribution in [0.1, 0.15) is 5.69 Å². The fourth-order valence-electron chi connectivity index (χ4n) is 4.01. The van der Waals surface area contributed by atoms with Crippen LogP contribution in [0.2, 0.25) is 0 Å². The number of rotatable bonds is 7. The predicted octanol–water partition coefficient (Wildman–Crippen LogP) is -1.16. The molecule has 0 radical (unpaired) electrons. The lowest BCUT2D eigenvalue weighted by molar-refractivity contribution is -0.387. The van der Waals surface area contributed by atoms with Gasteiger partial charge in [0.2, 0.25) is 25.9 Å². The van der Waals surface area contributed by atoms with Crippen molar-refractivity contribution in [3.63, 3.8) is 0 Å². The van der Waals surface area contributed by atoms with Gasteiger partial charge in [-0.1, -0.05) is 0 Å². The van der Waals surface area contributed by atoms with Crippen molar-refractivity contribution < 1.29 is 31.1 Å². The van der Waals surface area contributed by atoms with Gasteiger partial charge in [0.05, 0.1) is 56.2 Å². The Balaban J connectivity index is 0.000000218. The maximum atomic E-state index is 13.5. The molecule has 0 bridgehead atoms. The summed E-state index contributed by atoms with van der Waals surface area (Å²) in [7, 11) is -7.83. The highest BCUT2D eigenvalue weighted by Crippen LogP contribution is 2.26. The predicted molar refractivity (Wildman–Crippen MR) is 161 cm³/mol. The second-order valence-electron chi connectivity index (χ2n) is 9.54. The number of sulfonamides is 2. The number of H-pyrrole nitrogens is 2. The molecule has 47 heavy (non-hydrogen) atoms. The summed E-state index contributed by atoms with van der Waals surface area (Å²) in [5.74, 6) is -1.29. The van der Waals surface area contributed by atoms with Gasteiger partial charge < -0.3 is 9.97 Å². The van der Waals surface area contributed by atoms with Crippen LogP contribution in [-0.4, -0.2) is 68.1 Å². The van der Waals surface area contributed by atoms with Gasteiger partial charge in [-0.2, -0.15) is 13.7 Å². The van der Waals surface area contributed by atoms with Crippen molar-refractivity contribution in [1.29, 1.82) is 0 Å². The number of nitrogens with zero attached hydrogens (tertiary/aromatic N) is 6. The van der Waals surface area contributed by atoms with Gasteiger partial charge in [-0.05, 0) is 19.1 Å². The van der Waals surface area contributed by atoms with Crippen LogP contribution in [0.4, 0.5) is 15.8 Å². The SMILES string of the molecule is CS(=O)(=O)Nn1c(=O)[nH]c2cc([N+](=O)[O-])c(F)cc2c1=O.Cc1cn(-c2cc3c(=O)n(NS(C)(=O)=O)c(=O)[nH]c3cc2[N+](=O)[O-])cn1. The van der Waals surface area contributed by atoms with Crippen molar-refractivity contribution in [2.75, 3.05) is 22.2 Å². The smallest absolute Gasteiger partial charge is 0.305 e. The molecule has 5 rings (SSSR count). The van der Waals surface area contributed by atoms with Crippen molar-refractivity contribution in [2.24, 2.45) is 0 Å². The monoisotopic (exact) mass is 698 g/mol. The Morgan fingerprint density at radius 1 is 0.787 bits per heavy atom.